The summed E-state index contributed by atoms with van der Waals surface area (Å²) in [5, 5.41) is 0.929. The monoisotopic (exact) mass is 282 g/mol. The summed E-state index contributed by atoms with van der Waals surface area (Å²) in [6.07, 6.45) is 4.98. The Labute approximate surface area is 104 Å². The van der Waals surface area contributed by atoms with E-state index in [4.69, 9.17) is 4.74 Å². The van der Waals surface area contributed by atoms with E-state index >= 15 is 0 Å². The Morgan fingerprint density at radius 1 is 1.50 bits per heavy atom. The minimum atomic E-state index is 0.0674. The van der Waals surface area contributed by atoms with Crippen molar-refractivity contribution in [1.82, 2.24) is 0 Å². The van der Waals surface area contributed by atoms with Gasteiger partial charge in [0, 0.05) is 16.5 Å². The average molecular weight is 283 g/mol. The number of hydrogen-bond acceptors (Lipinski definition) is 2. The van der Waals surface area contributed by atoms with Gasteiger partial charge in [-0.1, -0.05) is 28.1 Å². The molecule has 16 heavy (non-hydrogen) atoms. The van der Waals surface area contributed by atoms with Crippen molar-refractivity contribution in [2.75, 3.05) is 12.4 Å². The van der Waals surface area contributed by atoms with Crippen molar-refractivity contribution in [3.63, 3.8) is 0 Å². The third kappa shape index (κ3) is 3.49. The van der Waals surface area contributed by atoms with Crippen molar-refractivity contribution in [1.29, 1.82) is 0 Å². The summed E-state index contributed by atoms with van der Waals surface area (Å²) in [6, 6.07) is 5.46. The van der Waals surface area contributed by atoms with Crippen LogP contribution in [0.1, 0.15) is 29.3 Å². The molecule has 0 bridgehead atoms. The lowest BCUT2D eigenvalue weighted by Crippen LogP contribution is -1.94. The largest absolute Gasteiger partial charge is 0.496 e. The second-order valence-corrected chi connectivity index (χ2v) is 4.19. The lowest BCUT2D eigenvalue weighted by atomic mass is 10.1. The molecule has 0 atom stereocenters. The third-order valence-corrected chi connectivity index (χ3v) is 2.67. The Hall–Kier alpha value is -1.09. The molecule has 0 aliphatic carbocycles. The Morgan fingerprint density at radius 3 is 2.81 bits per heavy atom. The number of halogens is 1. The molecule has 0 spiro atoms. The molecular formula is C13H15BrO2. The molecule has 1 rings (SSSR count). The van der Waals surface area contributed by atoms with Crippen LogP contribution in [-0.4, -0.2) is 18.2 Å². The highest BCUT2D eigenvalue weighted by Crippen LogP contribution is 2.21. The number of Topliss-reactive ketones (excluding diaryl/α,β-unsaturated/α-hetero) is 1. The van der Waals surface area contributed by atoms with E-state index in [1.54, 1.807) is 20.1 Å². The van der Waals surface area contributed by atoms with Crippen LogP contribution in [0, 0.1) is 0 Å². The lowest BCUT2D eigenvalue weighted by molar-refractivity contribution is 0.101. The van der Waals surface area contributed by atoms with Crippen LogP contribution >= 0.6 is 15.9 Å². The van der Waals surface area contributed by atoms with Crippen molar-refractivity contribution in [2.24, 2.45) is 0 Å². The fourth-order valence-corrected chi connectivity index (χ4v) is 1.62. The van der Waals surface area contributed by atoms with Gasteiger partial charge in [0.25, 0.3) is 0 Å². The normalized spacial score (nSPS) is 10.7. The van der Waals surface area contributed by atoms with Crippen LogP contribution in [0.3, 0.4) is 0 Å². The van der Waals surface area contributed by atoms with Gasteiger partial charge in [-0.25, -0.2) is 0 Å². The number of ketones is 1. The molecule has 0 heterocycles. The van der Waals surface area contributed by atoms with Crippen molar-refractivity contribution in [2.45, 2.75) is 13.3 Å². The molecule has 2 nitrogen and oxygen atoms in total. The van der Waals surface area contributed by atoms with E-state index in [1.807, 2.05) is 18.2 Å². The third-order valence-electron chi connectivity index (χ3n) is 2.21. The lowest BCUT2D eigenvalue weighted by Gasteiger charge is -2.06. The van der Waals surface area contributed by atoms with Gasteiger partial charge in [0.15, 0.2) is 5.78 Å². The van der Waals surface area contributed by atoms with E-state index in [2.05, 4.69) is 22.0 Å². The second kappa shape index (κ2) is 6.48. The topological polar surface area (TPSA) is 26.3 Å². The van der Waals surface area contributed by atoms with Gasteiger partial charge in [-0.3, -0.25) is 4.79 Å². The van der Waals surface area contributed by atoms with Crippen LogP contribution in [0.5, 0.6) is 5.75 Å². The van der Waals surface area contributed by atoms with Crippen LogP contribution in [0.4, 0.5) is 0 Å². The molecule has 86 valence electrons. The molecule has 0 fully saturated rings. The van der Waals surface area contributed by atoms with Gasteiger partial charge in [0.2, 0.25) is 0 Å². The number of benzene rings is 1. The van der Waals surface area contributed by atoms with E-state index in [-0.39, 0.29) is 5.78 Å². The highest BCUT2D eigenvalue weighted by molar-refractivity contribution is 9.09. The van der Waals surface area contributed by atoms with Gasteiger partial charge >= 0.3 is 0 Å². The summed E-state index contributed by atoms with van der Waals surface area (Å²) in [6.45, 7) is 1.56. The predicted molar refractivity (Wildman–Crippen MR) is 70.4 cm³/mol. The van der Waals surface area contributed by atoms with Crippen molar-refractivity contribution in [3.8, 4) is 5.75 Å². The van der Waals surface area contributed by atoms with E-state index in [0.717, 1.165) is 23.1 Å². The number of allylic oxidation sites excluding steroid dienone is 1. The van der Waals surface area contributed by atoms with Crippen molar-refractivity contribution < 1.29 is 9.53 Å². The quantitative estimate of drug-likeness (QED) is 0.608. The fraction of sp³-hybridized carbons (Fsp3) is 0.308. The zero-order valence-electron chi connectivity index (χ0n) is 9.50. The van der Waals surface area contributed by atoms with Crippen LogP contribution in [0.2, 0.25) is 0 Å². The molecule has 0 aromatic heterocycles. The van der Waals surface area contributed by atoms with Gasteiger partial charge in [-0.05, 0) is 31.5 Å². The Balaban J connectivity index is 3.02. The molecule has 0 aliphatic heterocycles. The van der Waals surface area contributed by atoms with E-state index < -0.39 is 0 Å². The number of ether oxygens (including phenoxy) is 1. The average Bonchev–Trinajstić information content (AvgIpc) is 2.29. The fourth-order valence-electron chi connectivity index (χ4n) is 1.36. The first-order chi connectivity index (χ1) is 7.69. The summed E-state index contributed by atoms with van der Waals surface area (Å²) in [7, 11) is 1.63. The predicted octanol–water partition coefficient (Wildman–Crippen LogP) is 3.70. The number of rotatable bonds is 5. The van der Waals surface area contributed by atoms with Gasteiger partial charge in [-0.15, -0.1) is 0 Å². The van der Waals surface area contributed by atoms with Crippen LogP contribution < -0.4 is 4.74 Å². The SMILES string of the molecule is COc1ccc(C(C)=O)cc1C=CCCBr. The minimum Gasteiger partial charge on any atom is -0.496 e. The summed E-state index contributed by atoms with van der Waals surface area (Å²) >= 11 is 3.36. The highest BCUT2D eigenvalue weighted by atomic mass is 79.9. The standard InChI is InChI=1S/C13H15BrO2/c1-10(15)11-6-7-13(16-2)12(9-11)5-3-4-8-14/h3,5-7,9H,4,8H2,1-2H3. The number of methoxy groups -OCH3 is 1. The molecule has 1 aromatic rings. The molecule has 0 aliphatic rings. The molecular weight excluding hydrogens is 268 g/mol. The molecule has 0 unspecified atom stereocenters. The first-order valence-corrected chi connectivity index (χ1v) is 6.22. The van der Waals surface area contributed by atoms with Gasteiger partial charge in [0.05, 0.1) is 7.11 Å². The van der Waals surface area contributed by atoms with Crippen molar-refractivity contribution >= 4 is 27.8 Å². The molecule has 0 amide bonds. The first-order valence-electron chi connectivity index (χ1n) is 5.10. The Bertz CT molecular complexity index is 397. The Morgan fingerprint density at radius 2 is 2.25 bits per heavy atom. The van der Waals surface area contributed by atoms with E-state index in [9.17, 15) is 4.79 Å². The van der Waals surface area contributed by atoms with Crippen LogP contribution in [-0.2, 0) is 0 Å². The van der Waals surface area contributed by atoms with E-state index in [0.29, 0.717) is 5.56 Å². The summed E-state index contributed by atoms with van der Waals surface area (Å²) in [4.78, 5) is 11.3. The second-order valence-electron chi connectivity index (χ2n) is 3.39. The molecule has 0 saturated heterocycles. The minimum absolute atomic E-state index is 0.0674. The smallest absolute Gasteiger partial charge is 0.159 e. The molecule has 0 radical (unpaired) electrons. The maximum atomic E-state index is 11.3. The van der Waals surface area contributed by atoms with E-state index in [1.165, 1.54) is 0 Å². The van der Waals surface area contributed by atoms with Crippen LogP contribution in [0.25, 0.3) is 6.08 Å². The Kier molecular flexibility index (Phi) is 5.26. The number of alkyl halides is 1. The summed E-state index contributed by atoms with van der Waals surface area (Å²) in [5.41, 5.74) is 1.65. The molecule has 1 aromatic carbocycles. The summed E-state index contributed by atoms with van der Waals surface area (Å²) in [5.74, 6) is 0.855. The van der Waals surface area contributed by atoms with Crippen molar-refractivity contribution in [3.05, 3.63) is 35.4 Å². The summed E-state index contributed by atoms with van der Waals surface area (Å²) < 4.78 is 5.24. The number of carbonyl (C=O) groups is 1. The zero-order chi connectivity index (χ0) is 12.0. The van der Waals surface area contributed by atoms with Gasteiger partial charge in [-0.2, -0.15) is 0 Å². The number of hydrogen-bond donors (Lipinski definition) is 0. The zero-order valence-corrected chi connectivity index (χ0v) is 11.1. The maximum absolute atomic E-state index is 11.3. The molecule has 0 N–H and O–H groups in total. The van der Waals surface area contributed by atoms with Crippen LogP contribution in [0.15, 0.2) is 24.3 Å². The van der Waals surface area contributed by atoms with Gasteiger partial charge < -0.3 is 4.74 Å². The first kappa shape index (κ1) is 13.0. The number of carbonyl (C=O) groups excluding carboxylic acids is 1. The highest BCUT2D eigenvalue weighted by Gasteiger charge is 2.04. The molecule has 0 saturated carbocycles. The molecule has 3 heteroatoms. The maximum Gasteiger partial charge on any atom is 0.159 e. The van der Waals surface area contributed by atoms with Gasteiger partial charge in [0.1, 0.15) is 5.75 Å².